The molecule has 1 aliphatic heterocycles. The Labute approximate surface area is 133 Å². The Kier molecular flexibility index (Phi) is 2.87. The van der Waals surface area contributed by atoms with E-state index < -0.39 is 0 Å². The molecule has 0 unspecified atom stereocenters. The normalized spacial score (nSPS) is 14.0. The van der Waals surface area contributed by atoms with Crippen molar-refractivity contribution in [1.29, 1.82) is 0 Å². The van der Waals surface area contributed by atoms with E-state index in [4.69, 9.17) is 4.42 Å². The van der Waals surface area contributed by atoms with Crippen molar-refractivity contribution in [3.8, 4) is 0 Å². The maximum absolute atomic E-state index is 12.3. The summed E-state index contributed by atoms with van der Waals surface area (Å²) in [5.74, 6) is -0.0690. The molecule has 0 saturated carbocycles. The van der Waals surface area contributed by atoms with Crippen molar-refractivity contribution in [2.75, 3.05) is 0 Å². The molecule has 0 aliphatic carbocycles. The summed E-state index contributed by atoms with van der Waals surface area (Å²) in [6.45, 7) is 0.0975. The molecule has 0 fully saturated rings. The molecular formula is C16H9BrN2O3. The quantitative estimate of drug-likeness (QED) is 0.660. The lowest BCUT2D eigenvalue weighted by atomic mass is 10.1. The summed E-state index contributed by atoms with van der Waals surface area (Å²) in [7, 11) is 0. The van der Waals surface area contributed by atoms with E-state index >= 15 is 0 Å². The lowest BCUT2D eigenvalue weighted by molar-refractivity contribution is 0.0632. The number of hydrogen-bond donors (Lipinski definition) is 0. The molecule has 1 aromatic carbocycles. The molecule has 0 spiro atoms. The molecule has 2 aromatic heterocycles. The van der Waals surface area contributed by atoms with Gasteiger partial charge in [-0.15, -0.1) is 0 Å². The fourth-order valence-electron chi connectivity index (χ4n) is 2.56. The van der Waals surface area contributed by atoms with E-state index in [1.807, 2.05) is 0 Å². The smallest absolute Gasteiger partial charge is 0.261 e. The van der Waals surface area contributed by atoms with Crippen LogP contribution in [0.15, 0.2) is 51.5 Å². The minimum absolute atomic E-state index is 0.0975. The summed E-state index contributed by atoms with van der Waals surface area (Å²) in [4.78, 5) is 30.1. The summed E-state index contributed by atoms with van der Waals surface area (Å²) in [6, 6.07) is 10.4. The molecule has 2 amide bonds. The van der Waals surface area contributed by atoms with Crippen molar-refractivity contribution >= 4 is 38.8 Å². The molecule has 5 nitrogen and oxygen atoms in total. The van der Waals surface area contributed by atoms with Crippen LogP contribution in [0.3, 0.4) is 0 Å². The van der Waals surface area contributed by atoms with Crippen LogP contribution in [0.25, 0.3) is 11.1 Å². The minimum Gasteiger partial charge on any atom is -0.457 e. The zero-order chi connectivity index (χ0) is 15.3. The van der Waals surface area contributed by atoms with Gasteiger partial charge in [0.15, 0.2) is 5.58 Å². The van der Waals surface area contributed by atoms with Crippen LogP contribution < -0.4 is 0 Å². The van der Waals surface area contributed by atoms with Gasteiger partial charge in [0.25, 0.3) is 11.8 Å². The van der Waals surface area contributed by atoms with Crippen LogP contribution in [-0.4, -0.2) is 21.7 Å². The first-order chi connectivity index (χ1) is 10.6. The number of pyridine rings is 1. The number of furan rings is 1. The lowest BCUT2D eigenvalue weighted by Crippen LogP contribution is -2.28. The van der Waals surface area contributed by atoms with Crippen LogP contribution >= 0.6 is 15.9 Å². The van der Waals surface area contributed by atoms with Gasteiger partial charge in [0.05, 0.1) is 17.7 Å². The monoisotopic (exact) mass is 356 g/mol. The Morgan fingerprint density at radius 2 is 1.77 bits per heavy atom. The number of halogens is 1. The molecular weight excluding hydrogens is 348 g/mol. The molecule has 0 radical (unpaired) electrons. The maximum Gasteiger partial charge on any atom is 0.261 e. The number of imide groups is 1. The van der Waals surface area contributed by atoms with Gasteiger partial charge in [-0.25, -0.2) is 0 Å². The Morgan fingerprint density at radius 3 is 2.45 bits per heavy atom. The summed E-state index contributed by atoms with van der Waals surface area (Å²) in [5, 5.41) is 0. The van der Waals surface area contributed by atoms with Gasteiger partial charge in [-0.2, -0.15) is 0 Å². The largest absolute Gasteiger partial charge is 0.457 e. The number of nitrogens with zero attached hydrogens (tertiary/aromatic N) is 2. The van der Waals surface area contributed by atoms with Crippen molar-refractivity contribution in [3.63, 3.8) is 0 Å². The fraction of sp³-hybridized carbons (Fsp3) is 0.0625. The first-order valence-electron chi connectivity index (χ1n) is 6.63. The number of aromatic nitrogens is 1. The number of rotatable bonds is 2. The van der Waals surface area contributed by atoms with Crippen molar-refractivity contribution in [3.05, 3.63) is 64.0 Å². The van der Waals surface area contributed by atoms with Gasteiger partial charge in [0.2, 0.25) is 0 Å². The number of carbonyl (C=O) groups is 2. The third-order valence-corrected chi connectivity index (χ3v) is 4.01. The summed E-state index contributed by atoms with van der Waals surface area (Å²) in [5.41, 5.74) is 2.17. The molecule has 0 N–H and O–H groups in total. The Bertz CT molecular complexity index is 897. The number of amides is 2. The third kappa shape index (κ3) is 1.95. The Morgan fingerprint density at radius 1 is 1.09 bits per heavy atom. The molecule has 0 bridgehead atoms. The highest BCUT2D eigenvalue weighted by Crippen LogP contribution is 2.26. The van der Waals surface area contributed by atoms with E-state index in [0.717, 1.165) is 4.47 Å². The van der Waals surface area contributed by atoms with Gasteiger partial charge in [0.1, 0.15) is 11.3 Å². The predicted molar refractivity (Wildman–Crippen MR) is 82.4 cm³/mol. The van der Waals surface area contributed by atoms with Gasteiger partial charge in [-0.05, 0) is 34.1 Å². The van der Waals surface area contributed by atoms with E-state index in [9.17, 15) is 9.59 Å². The van der Waals surface area contributed by atoms with Gasteiger partial charge in [0, 0.05) is 16.7 Å². The summed E-state index contributed by atoms with van der Waals surface area (Å²) >= 11 is 3.33. The SMILES string of the molecule is O=C1c2ccccc2C(=O)N1Cc1cc2ncc(Br)cc2o1. The minimum atomic E-state index is -0.296. The van der Waals surface area contributed by atoms with Gasteiger partial charge in [-0.3, -0.25) is 19.5 Å². The second-order valence-corrected chi connectivity index (χ2v) is 5.91. The highest BCUT2D eigenvalue weighted by atomic mass is 79.9. The van der Waals surface area contributed by atoms with Crippen LogP contribution in [0.1, 0.15) is 26.5 Å². The first-order valence-corrected chi connectivity index (χ1v) is 7.42. The molecule has 4 rings (SSSR count). The van der Waals surface area contributed by atoms with E-state index in [2.05, 4.69) is 20.9 Å². The molecule has 108 valence electrons. The van der Waals surface area contributed by atoms with E-state index in [-0.39, 0.29) is 18.4 Å². The van der Waals surface area contributed by atoms with Gasteiger partial charge >= 0.3 is 0 Å². The second kappa shape index (κ2) is 4.78. The van der Waals surface area contributed by atoms with E-state index in [1.165, 1.54) is 4.90 Å². The third-order valence-electron chi connectivity index (χ3n) is 3.58. The van der Waals surface area contributed by atoms with Crippen LogP contribution in [0, 0.1) is 0 Å². The number of hydrogen-bond acceptors (Lipinski definition) is 4. The topological polar surface area (TPSA) is 63.4 Å². The van der Waals surface area contributed by atoms with Crippen molar-refractivity contribution < 1.29 is 14.0 Å². The van der Waals surface area contributed by atoms with Crippen LogP contribution in [0.2, 0.25) is 0 Å². The molecule has 0 saturated heterocycles. The van der Waals surface area contributed by atoms with E-state index in [1.54, 1.807) is 42.6 Å². The van der Waals surface area contributed by atoms with Crippen molar-refractivity contribution in [2.24, 2.45) is 0 Å². The van der Waals surface area contributed by atoms with Crippen LogP contribution in [0.5, 0.6) is 0 Å². The molecule has 6 heteroatoms. The molecule has 0 atom stereocenters. The molecule has 3 aromatic rings. The molecule has 22 heavy (non-hydrogen) atoms. The van der Waals surface area contributed by atoms with Crippen molar-refractivity contribution in [1.82, 2.24) is 9.88 Å². The summed E-state index contributed by atoms with van der Waals surface area (Å²) in [6.07, 6.45) is 1.67. The maximum atomic E-state index is 12.3. The zero-order valence-electron chi connectivity index (χ0n) is 11.2. The highest BCUT2D eigenvalue weighted by Gasteiger charge is 2.35. The number of benzene rings is 1. The Hall–Kier alpha value is -2.47. The standard InChI is InChI=1S/C16H9BrN2O3/c17-9-5-14-13(18-7-9)6-10(22-14)8-19-15(20)11-3-1-2-4-12(11)16(19)21/h1-7H,8H2. The number of fused-ring (bicyclic) bond motifs is 2. The lowest BCUT2D eigenvalue weighted by Gasteiger charge is -2.11. The average molecular weight is 357 g/mol. The zero-order valence-corrected chi connectivity index (χ0v) is 12.8. The van der Waals surface area contributed by atoms with Crippen LogP contribution in [-0.2, 0) is 6.54 Å². The highest BCUT2D eigenvalue weighted by molar-refractivity contribution is 9.10. The second-order valence-electron chi connectivity index (χ2n) is 4.99. The first kappa shape index (κ1) is 13.2. The number of carbonyl (C=O) groups excluding carboxylic acids is 2. The summed E-state index contributed by atoms with van der Waals surface area (Å²) < 4.78 is 6.47. The fourth-order valence-corrected chi connectivity index (χ4v) is 2.87. The molecule has 1 aliphatic rings. The molecule has 3 heterocycles. The average Bonchev–Trinajstić information content (AvgIpc) is 3.02. The predicted octanol–water partition coefficient (Wildman–Crippen LogP) is 3.39. The van der Waals surface area contributed by atoms with Gasteiger partial charge < -0.3 is 4.42 Å². The van der Waals surface area contributed by atoms with Crippen molar-refractivity contribution in [2.45, 2.75) is 6.54 Å². The van der Waals surface area contributed by atoms with Crippen LogP contribution in [0.4, 0.5) is 0 Å². The van der Waals surface area contributed by atoms with Gasteiger partial charge in [-0.1, -0.05) is 12.1 Å². The van der Waals surface area contributed by atoms with E-state index in [0.29, 0.717) is 28.0 Å². The Balaban J connectivity index is 1.69.